The molecular formula is C23H34BNO2. The Labute approximate surface area is 166 Å². The van der Waals surface area contributed by atoms with Crippen LogP contribution in [0.25, 0.3) is 0 Å². The first-order chi connectivity index (χ1) is 12.8. The number of fused-ring (bicyclic) bond motifs is 1. The molecule has 1 aromatic rings. The van der Waals surface area contributed by atoms with Crippen molar-refractivity contribution >= 4 is 13.9 Å². The number of aryl methyl sites for hydroxylation is 1. The van der Waals surface area contributed by atoms with Gasteiger partial charge in [0, 0.05) is 12.0 Å². The van der Waals surface area contributed by atoms with Crippen LogP contribution in [0.1, 0.15) is 76.8 Å². The highest BCUT2D eigenvalue weighted by molar-refractivity contribution is 6.17. The second-order valence-electron chi connectivity index (χ2n) is 8.56. The van der Waals surface area contributed by atoms with Gasteiger partial charge in [-0.05, 0) is 70.4 Å². The molecule has 3 nitrogen and oxygen atoms in total. The van der Waals surface area contributed by atoms with Crippen LogP contribution in [0.4, 0.5) is 4.79 Å². The first-order valence-electron chi connectivity index (χ1n) is 10.3. The number of carbonyl (C=O) groups is 1. The van der Waals surface area contributed by atoms with Crippen LogP contribution < -0.4 is 0 Å². The van der Waals surface area contributed by atoms with Crippen LogP contribution in [0.2, 0.25) is 0 Å². The maximum Gasteiger partial charge on any atom is 0.410 e. The largest absolute Gasteiger partial charge is 0.444 e. The van der Waals surface area contributed by atoms with Crippen molar-refractivity contribution in [1.29, 1.82) is 0 Å². The topological polar surface area (TPSA) is 29.5 Å². The molecule has 1 aromatic carbocycles. The highest BCUT2D eigenvalue weighted by Crippen LogP contribution is 2.38. The summed E-state index contributed by atoms with van der Waals surface area (Å²) in [5, 5.41) is 0. The number of carbonyl (C=O) groups excluding carboxylic acids is 1. The van der Waals surface area contributed by atoms with E-state index in [1.165, 1.54) is 5.56 Å². The van der Waals surface area contributed by atoms with Crippen LogP contribution in [0.3, 0.4) is 0 Å². The number of amides is 1. The summed E-state index contributed by atoms with van der Waals surface area (Å²) in [5.74, 6) is 0. The minimum absolute atomic E-state index is 0.312. The lowest BCUT2D eigenvalue weighted by Gasteiger charge is -2.46. The summed E-state index contributed by atoms with van der Waals surface area (Å²) < 4.78 is 5.72. The third-order valence-electron chi connectivity index (χ3n) is 5.12. The van der Waals surface area contributed by atoms with E-state index in [-0.39, 0.29) is 6.09 Å². The highest BCUT2D eigenvalue weighted by Gasteiger charge is 2.40. The van der Waals surface area contributed by atoms with E-state index in [0.29, 0.717) is 6.54 Å². The molecule has 2 radical (unpaired) electrons. The number of allylic oxidation sites excluding steroid dienone is 1. The quantitative estimate of drug-likeness (QED) is 0.334. The van der Waals surface area contributed by atoms with E-state index in [0.717, 1.165) is 56.9 Å². The first-order valence-corrected chi connectivity index (χ1v) is 10.3. The molecule has 1 amide bonds. The summed E-state index contributed by atoms with van der Waals surface area (Å²) in [5.41, 5.74) is 0.974. The van der Waals surface area contributed by atoms with Gasteiger partial charge in [0.25, 0.3) is 0 Å². The molecule has 0 heterocycles. The number of hydrogen-bond acceptors (Lipinski definition) is 2. The predicted octanol–water partition coefficient (Wildman–Crippen LogP) is 5.72. The average molecular weight is 367 g/mol. The predicted molar refractivity (Wildman–Crippen MR) is 113 cm³/mol. The van der Waals surface area contributed by atoms with Gasteiger partial charge in [0.15, 0.2) is 0 Å². The Hall–Kier alpha value is -1.71. The summed E-state index contributed by atoms with van der Waals surface area (Å²) in [6.45, 7) is 10.1. The third-order valence-corrected chi connectivity index (χ3v) is 5.12. The van der Waals surface area contributed by atoms with E-state index in [1.54, 1.807) is 4.90 Å². The van der Waals surface area contributed by atoms with Gasteiger partial charge in [-0.15, -0.1) is 6.58 Å². The van der Waals surface area contributed by atoms with Crippen LogP contribution in [-0.2, 0) is 16.6 Å². The molecule has 27 heavy (non-hydrogen) atoms. The lowest BCUT2D eigenvalue weighted by molar-refractivity contribution is 0.00689. The molecule has 0 fully saturated rings. The van der Waals surface area contributed by atoms with Crippen LogP contribution >= 0.6 is 0 Å². The first kappa shape index (κ1) is 21.6. The Kier molecular flexibility index (Phi) is 7.58. The molecule has 0 unspecified atom stereocenters. The smallest absolute Gasteiger partial charge is 0.410 e. The Morgan fingerprint density at radius 2 is 1.96 bits per heavy atom. The van der Waals surface area contributed by atoms with Crippen LogP contribution in [0, 0.1) is 0 Å². The fourth-order valence-corrected chi connectivity index (χ4v) is 3.81. The van der Waals surface area contributed by atoms with Crippen molar-refractivity contribution < 1.29 is 9.53 Å². The molecule has 0 bridgehead atoms. The van der Waals surface area contributed by atoms with Gasteiger partial charge in [-0.2, -0.15) is 0 Å². The van der Waals surface area contributed by atoms with Crippen molar-refractivity contribution in [2.24, 2.45) is 0 Å². The van der Waals surface area contributed by atoms with Crippen molar-refractivity contribution in [2.75, 3.05) is 6.54 Å². The van der Waals surface area contributed by atoms with Gasteiger partial charge < -0.3 is 9.64 Å². The molecule has 0 aromatic heterocycles. The summed E-state index contributed by atoms with van der Waals surface area (Å²) >= 11 is 0. The summed E-state index contributed by atoms with van der Waals surface area (Å²) in [6.07, 6.45) is 9.74. The lowest BCUT2D eigenvalue weighted by Crippen LogP contribution is -2.53. The van der Waals surface area contributed by atoms with Gasteiger partial charge in [0.05, 0.1) is 0 Å². The van der Waals surface area contributed by atoms with E-state index < -0.39 is 11.0 Å². The summed E-state index contributed by atoms with van der Waals surface area (Å²) in [6, 6.07) is 8.24. The molecule has 1 aliphatic rings. The number of ether oxygens (including phenoxy) is 1. The zero-order chi connectivity index (χ0) is 19.9. The van der Waals surface area contributed by atoms with Crippen molar-refractivity contribution in [1.82, 2.24) is 4.90 Å². The Morgan fingerprint density at radius 1 is 1.26 bits per heavy atom. The molecule has 0 aliphatic heterocycles. The molecule has 0 spiro atoms. The second kappa shape index (κ2) is 9.48. The van der Waals surface area contributed by atoms with Crippen LogP contribution in [-0.4, -0.2) is 31.0 Å². The van der Waals surface area contributed by atoms with E-state index in [4.69, 9.17) is 12.6 Å². The Bertz CT molecular complexity index is 638. The van der Waals surface area contributed by atoms with Gasteiger partial charge >= 0.3 is 6.09 Å². The molecular weight excluding hydrogens is 333 g/mol. The lowest BCUT2D eigenvalue weighted by atomic mass is 9.63. The molecule has 1 atom stereocenters. The standard InChI is InChI=1S/C23H34BNO2/c1-5-6-7-8-9-12-18-25(21(26)27-22(2,3)4)23(24)17-13-15-19-14-10-11-16-20(19)23/h5,10-11,14,16H,1,6-9,12-13,15,17-18H2,2-4H3/t23-/m0/s1. The molecule has 0 saturated heterocycles. The molecule has 146 valence electrons. The summed E-state index contributed by atoms with van der Waals surface area (Å²) in [7, 11) is 6.91. The zero-order valence-electron chi connectivity index (χ0n) is 17.3. The molecule has 4 heteroatoms. The maximum atomic E-state index is 13.0. The fraction of sp³-hybridized carbons (Fsp3) is 0.609. The minimum Gasteiger partial charge on any atom is -0.444 e. The van der Waals surface area contributed by atoms with Crippen LogP contribution in [0.15, 0.2) is 36.9 Å². The molecule has 0 N–H and O–H groups in total. The summed E-state index contributed by atoms with van der Waals surface area (Å²) in [4.78, 5) is 14.8. The van der Waals surface area contributed by atoms with E-state index >= 15 is 0 Å². The van der Waals surface area contributed by atoms with Gasteiger partial charge in [-0.25, -0.2) is 4.79 Å². The van der Waals surface area contributed by atoms with Gasteiger partial charge in [-0.1, -0.05) is 43.2 Å². The van der Waals surface area contributed by atoms with Crippen molar-refractivity contribution in [2.45, 2.75) is 83.2 Å². The molecule has 2 rings (SSSR count). The number of hydrogen-bond donors (Lipinski definition) is 0. The van der Waals surface area contributed by atoms with Crippen LogP contribution in [0.5, 0.6) is 0 Å². The minimum atomic E-state index is -0.793. The monoisotopic (exact) mass is 367 g/mol. The Morgan fingerprint density at radius 3 is 2.67 bits per heavy atom. The second-order valence-corrected chi connectivity index (χ2v) is 8.56. The maximum absolute atomic E-state index is 13.0. The molecule has 1 aliphatic carbocycles. The highest BCUT2D eigenvalue weighted by atomic mass is 16.6. The Balaban J connectivity index is 2.18. The van der Waals surface area contributed by atoms with Gasteiger partial charge in [0.2, 0.25) is 0 Å². The van der Waals surface area contributed by atoms with Gasteiger partial charge in [0.1, 0.15) is 13.4 Å². The van der Waals surface area contributed by atoms with E-state index in [2.05, 4.69) is 18.7 Å². The van der Waals surface area contributed by atoms with Gasteiger partial charge in [-0.3, -0.25) is 0 Å². The third kappa shape index (κ3) is 5.89. The average Bonchev–Trinajstić information content (AvgIpc) is 2.60. The number of rotatable bonds is 8. The van der Waals surface area contributed by atoms with E-state index in [9.17, 15) is 4.79 Å². The van der Waals surface area contributed by atoms with Crippen molar-refractivity contribution in [3.8, 4) is 0 Å². The normalized spacial score (nSPS) is 19.2. The zero-order valence-corrected chi connectivity index (χ0v) is 17.3. The van der Waals surface area contributed by atoms with E-state index in [1.807, 2.05) is 39.0 Å². The van der Waals surface area contributed by atoms with Crippen molar-refractivity contribution in [3.05, 3.63) is 48.0 Å². The molecule has 0 saturated carbocycles. The number of unbranched alkanes of at least 4 members (excludes halogenated alkanes) is 4. The number of benzene rings is 1. The fourth-order valence-electron chi connectivity index (χ4n) is 3.81. The SMILES string of the molecule is [B][C@]1(N(CCCCCCC=C)C(=O)OC(C)(C)C)CCCc2ccccc21. The van der Waals surface area contributed by atoms with Crippen molar-refractivity contribution in [3.63, 3.8) is 0 Å². The number of nitrogens with zero attached hydrogens (tertiary/aromatic N) is 1.